The number of thiophene rings is 1. The fraction of sp³-hybridized carbons (Fsp3) is 0.364. The lowest BCUT2D eigenvalue weighted by Crippen LogP contribution is -2.08. The van der Waals surface area contributed by atoms with E-state index in [1.165, 1.54) is 11.3 Å². The van der Waals surface area contributed by atoms with E-state index in [0.717, 1.165) is 22.3 Å². The molecule has 0 saturated carbocycles. The van der Waals surface area contributed by atoms with Gasteiger partial charge in [0.2, 0.25) is 0 Å². The molecule has 92 valence electrons. The Kier molecular flexibility index (Phi) is 4.25. The normalized spacial score (nSPS) is 12.9. The van der Waals surface area contributed by atoms with Gasteiger partial charge in [-0.25, -0.2) is 4.98 Å². The largest absolute Gasteiger partial charge is 0.380 e. The molecule has 0 aliphatic rings. The number of halogens is 2. The van der Waals surface area contributed by atoms with Gasteiger partial charge in [-0.1, -0.05) is 18.5 Å². The fourth-order valence-electron chi connectivity index (χ4n) is 1.62. The zero-order valence-electron chi connectivity index (χ0n) is 9.23. The van der Waals surface area contributed by atoms with Crippen molar-refractivity contribution in [2.45, 2.75) is 26.0 Å². The average Bonchev–Trinajstić information content (AvgIpc) is 2.87. The van der Waals surface area contributed by atoms with E-state index in [9.17, 15) is 5.11 Å². The lowest BCUT2D eigenvalue weighted by atomic mass is 10.2. The molecule has 2 aromatic rings. The first-order valence-electron chi connectivity index (χ1n) is 5.27. The molecule has 1 atom stereocenters. The third kappa shape index (κ3) is 2.73. The summed E-state index contributed by atoms with van der Waals surface area (Å²) in [6, 6.07) is 1.84. The first kappa shape index (κ1) is 13.1. The lowest BCUT2D eigenvalue weighted by molar-refractivity contribution is 0.208. The van der Waals surface area contributed by atoms with Crippen LogP contribution in [0.5, 0.6) is 0 Å². The van der Waals surface area contributed by atoms with Crippen LogP contribution in [0.3, 0.4) is 0 Å². The van der Waals surface area contributed by atoms with Crippen molar-refractivity contribution in [1.29, 1.82) is 0 Å². The van der Waals surface area contributed by atoms with Crippen LogP contribution in [0.2, 0.25) is 4.34 Å². The van der Waals surface area contributed by atoms with Gasteiger partial charge in [-0.2, -0.15) is 0 Å². The van der Waals surface area contributed by atoms with Gasteiger partial charge in [0.25, 0.3) is 0 Å². The van der Waals surface area contributed by atoms with E-state index in [1.54, 1.807) is 6.20 Å². The molecular formula is C11H12BrClN2OS. The molecule has 3 nitrogen and oxygen atoms in total. The number of rotatable bonds is 4. The van der Waals surface area contributed by atoms with E-state index in [1.807, 2.05) is 16.8 Å². The summed E-state index contributed by atoms with van der Waals surface area (Å²) in [5.74, 6) is 0.664. The smallest absolute Gasteiger partial charge is 0.146 e. The summed E-state index contributed by atoms with van der Waals surface area (Å²) in [5.41, 5.74) is 0. The zero-order valence-corrected chi connectivity index (χ0v) is 12.4. The van der Waals surface area contributed by atoms with Crippen molar-refractivity contribution in [1.82, 2.24) is 9.55 Å². The molecular weight excluding hydrogens is 324 g/mol. The van der Waals surface area contributed by atoms with Crippen molar-refractivity contribution in [2.75, 3.05) is 0 Å². The van der Waals surface area contributed by atoms with Crippen LogP contribution in [0.1, 0.15) is 30.2 Å². The van der Waals surface area contributed by atoms with E-state index in [0.29, 0.717) is 10.2 Å². The third-order valence-corrected chi connectivity index (χ3v) is 4.92. The first-order chi connectivity index (χ1) is 8.13. The van der Waals surface area contributed by atoms with E-state index >= 15 is 0 Å². The maximum Gasteiger partial charge on any atom is 0.146 e. The highest BCUT2D eigenvalue weighted by atomic mass is 79.9. The molecule has 0 bridgehead atoms. The predicted octanol–water partition coefficient (Wildman–Crippen LogP) is 3.85. The second-order valence-electron chi connectivity index (χ2n) is 3.65. The van der Waals surface area contributed by atoms with Gasteiger partial charge in [-0.05, 0) is 28.4 Å². The summed E-state index contributed by atoms with van der Waals surface area (Å²) < 4.78 is 3.42. The van der Waals surface area contributed by atoms with E-state index < -0.39 is 6.10 Å². The average molecular weight is 336 g/mol. The summed E-state index contributed by atoms with van der Waals surface area (Å²) in [5, 5.41) is 10.3. The van der Waals surface area contributed by atoms with Crippen LogP contribution in [0.4, 0.5) is 0 Å². The molecule has 6 heteroatoms. The molecule has 0 radical (unpaired) electrons. The van der Waals surface area contributed by atoms with Crippen LogP contribution in [0.25, 0.3) is 0 Å². The van der Waals surface area contributed by atoms with Crippen LogP contribution in [0, 0.1) is 0 Å². The number of aromatic nitrogens is 2. The summed E-state index contributed by atoms with van der Waals surface area (Å²) in [4.78, 5) is 5.01. The highest BCUT2D eigenvalue weighted by molar-refractivity contribution is 9.10. The van der Waals surface area contributed by atoms with Gasteiger partial charge >= 0.3 is 0 Å². The van der Waals surface area contributed by atoms with Crippen molar-refractivity contribution in [3.05, 3.63) is 38.0 Å². The molecule has 1 N–H and O–H groups in total. The van der Waals surface area contributed by atoms with Crippen LogP contribution >= 0.6 is 38.9 Å². The van der Waals surface area contributed by atoms with Gasteiger partial charge < -0.3 is 9.67 Å². The summed E-state index contributed by atoms with van der Waals surface area (Å²) >= 11 is 10.7. The fourth-order valence-corrected chi connectivity index (χ4v) is 3.34. The Hall–Kier alpha value is -0.360. The van der Waals surface area contributed by atoms with Gasteiger partial charge in [-0.15, -0.1) is 11.3 Å². The number of imidazole rings is 1. The zero-order chi connectivity index (χ0) is 12.4. The Balaban J connectivity index is 2.29. The number of hydrogen-bond donors (Lipinski definition) is 1. The van der Waals surface area contributed by atoms with Crippen LogP contribution in [-0.2, 0) is 6.54 Å². The number of hydrogen-bond acceptors (Lipinski definition) is 3. The van der Waals surface area contributed by atoms with Crippen LogP contribution in [0.15, 0.2) is 22.9 Å². The number of aliphatic hydroxyl groups is 1. The lowest BCUT2D eigenvalue weighted by Gasteiger charge is -2.10. The summed E-state index contributed by atoms with van der Waals surface area (Å²) in [7, 11) is 0. The van der Waals surface area contributed by atoms with Crippen LogP contribution < -0.4 is 0 Å². The Morgan fingerprint density at radius 1 is 1.65 bits per heavy atom. The van der Waals surface area contributed by atoms with Gasteiger partial charge in [0, 0.05) is 28.3 Å². The molecule has 0 fully saturated rings. The molecule has 0 aliphatic carbocycles. The Labute approximate surface area is 117 Å². The molecule has 0 saturated heterocycles. The SMILES string of the molecule is CCCn1ccnc1C(O)c1cc(Br)c(Cl)s1. The molecule has 2 heterocycles. The Morgan fingerprint density at radius 3 is 3.00 bits per heavy atom. The molecule has 0 aromatic carbocycles. The van der Waals surface area contributed by atoms with Gasteiger partial charge in [0.1, 0.15) is 16.3 Å². The number of aliphatic hydroxyl groups excluding tert-OH is 1. The molecule has 0 spiro atoms. The topological polar surface area (TPSA) is 38.0 Å². The van der Waals surface area contributed by atoms with E-state index in [4.69, 9.17) is 11.6 Å². The van der Waals surface area contributed by atoms with Gasteiger partial charge in [0.15, 0.2) is 0 Å². The van der Waals surface area contributed by atoms with E-state index in [-0.39, 0.29) is 0 Å². The Morgan fingerprint density at radius 2 is 2.41 bits per heavy atom. The number of aryl methyl sites for hydroxylation is 1. The van der Waals surface area contributed by atoms with Crippen molar-refractivity contribution >= 4 is 38.9 Å². The quantitative estimate of drug-likeness (QED) is 0.921. The first-order valence-corrected chi connectivity index (χ1v) is 7.26. The van der Waals surface area contributed by atoms with Gasteiger partial charge in [0.05, 0.1) is 0 Å². The second kappa shape index (κ2) is 5.52. The third-order valence-electron chi connectivity index (χ3n) is 2.39. The van der Waals surface area contributed by atoms with Crippen molar-refractivity contribution < 1.29 is 5.11 Å². The minimum atomic E-state index is -0.717. The molecule has 17 heavy (non-hydrogen) atoms. The molecule has 0 aliphatic heterocycles. The number of nitrogens with zero attached hydrogens (tertiary/aromatic N) is 2. The monoisotopic (exact) mass is 334 g/mol. The highest BCUT2D eigenvalue weighted by Crippen LogP contribution is 2.36. The maximum absolute atomic E-state index is 10.3. The molecule has 0 amide bonds. The predicted molar refractivity (Wildman–Crippen MR) is 73.6 cm³/mol. The standard InChI is InChI=1S/C11H12BrClN2OS/c1-2-4-15-5-3-14-11(15)9(16)8-6-7(12)10(13)17-8/h3,5-6,9,16H,2,4H2,1H3. The minimum absolute atomic E-state index is 0.646. The van der Waals surface area contributed by atoms with Crippen LogP contribution in [-0.4, -0.2) is 14.7 Å². The van der Waals surface area contributed by atoms with Crippen molar-refractivity contribution in [3.63, 3.8) is 0 Å². The molecule has 2 rings (SSSR count). The van der Waals surface area contributed by atoms with E-state index in [2.05, 4.69) is 27.8 Å². The second-order valence-corrected chi connectivity index (χ2v) is 6.19. The Bertz CT molecular complexity index is 492. The highest BCUT2D eigenvalue weighted by Gasteiger charge is 2.19. The maximum atomic E-state index is 10.3. The minimum Gasteiger partial charge on any atom is -0.380 e. The van der Waals surface area contributed by atoms with Crippen molar-refractivity contribution in [3.8, 4) is 0 Å². The van der Waals surface area contributed by atoms with Crippen molar-refractivity contribution in [2.24, 2.45) is 0 Å². The molecule has 1 unspecified atom stereocenters. The molecule has 2 aromatic heterocycles. The summed E-state index contributed by atoms with van der Waals surface area (Å²) in [6.45, 7) is 2.95. The van der Waals surface area contributed by atoms with Gasteiger partial charge in [-0.3, -0.25) is 0 Å². The summed E-state index contributed by atoms with van der Waals surface area (Å²) in [6.07, 6.45) is 3.88.